The Labute approximate surface area is 71.7 Å². The topological polar surface area (TPSA) is 50.2 Å². The lowest BCUT2D eigenvalue weighted by Crippen LogP contribution is -1.97. The van der Waals surface area contributed by atoms with Crippen LogP contribution in [0.25, 0.3) is 0 Å². The molecule has 0 saturated carbocycles. The summed E-state index contributed by atoms with van der Waals surface area (Å²) < 4.78 is 0. The van der Waals surface area contributed by atoms with E-state index in [2.05, 4.69) is 27.4 Å². The van der Waals surface area contributed by atoms with E-state index in [0.717, 1.165) is 12.1 Å². The van der Waals surface area contributed by atoms with E-state index >= 15 is 0 Å². The number of nitrogens with zero attached hydrogens (tertiary/aromatic N) is 3. The standard InChI is InChI=1S/C8H12N4/c1-3-7(2)11-12-8-6-9-4-5-10-8/h4-6H,3H2,1-2H3,(H,10,12)/b11-7+. The van der Waals surface area contributed by atoms with Gasteiger partial charge in [-0.1, -0.05) is 6.92 Å². The third-order valence-corrected chi connectivity index (χ3v) is 1.44. The van der Waals surface area contributed by atoms with Gasteiger partial charge >= 0.3 is 0 Å². The van der Waals surface area contributed by atoms with Crippen molar-refractivity contribution in [2.24, 2.45) is 5.10 Å². The maximum absolute atomic E-state index is 4.08. The molecule has 0 spiro atoms. The van der Waals surface area contributed by atoms with Crippen molar-refractivity contribution in [2.75, 3.05) is 5.43 Å². The second-order valence-electron chi connectivity index (χ2n) is 2.40. The van der Waals surface area contributed by atoms with Crippen LogP contribution in [0.1, 0.15) is 20.3 Å². The maximum atomic E-state index is 4.08. The van der Waals surface area contributed by atoms with E-state index < -0.39 is 0 Å². The zero-order chi connectivity index (χ0) is 8.81. The van der Waals surface area contributed by atoms with E-state index in [1.165, 1.54) is 0 Å². The highest BCUT2D eigenvalue weighted by Gasteiger charge is 1.88. The molecule has 0 aliphatic carbocycles. The van der Waals surface area contributed by atoms with E-state index in [-0.39, 0.29) is 0 Å². The molecule has 0 aliphatic heterocycles. The molecule has 0 bridgehead atoms. The summed E-state index contributed by atoms with van der Waals surface area (Å²) in [5.74, 6) is 0.672. The Morgan fingerprint density at radius 3 is 3.00 bits per heavy atom. The molecule has 0 saturated heterocycles. The first-order valence-corrected chi connectivity index (χ1v) is 3.88. The molecular weight excluding hydrogens is 152 g/mol. The van der Waals surface area contributed by atoms with Gasteiger partial charge in [-0.25, -0.2) is 4.98 Å². The zero-order valence-corrected chi connectivity index (χ0v) is 7.28. The molecular formula is C8H12N4. The van der Waals surface area contributed by atoms with Crippen LogP contribution in [0.5, 0.6) is 0 Å². The Morgan fingerprint density at radius 2 is 2.42 bits per heavy atom. The molecule has 0 aliphatic rings. The summed E-state index contributed by atoms with van der Waals surface area (Å²) in [6.07, 6.45) is 5.82. The molecule has 1 aromatic heterocycles. The second-order valence-corrected chi connectivity index (χ2v) is 2.40. The van der Waals surface area contributed by atoms with Crippen LogP contribution in [0.2, 0.25) is 0 Å². The fraction of sp³-hybridized carbons (Fsp3) is 0.375. The Kier molecular flexibility index (Phi) is 3.19. The van der Waals surface area contributed by atoms with Gasteiger partial charge in [0.15, 0.2) is 5.82 Å². The molecule has 1 rings (SSSR count). The van der Waals surface area contributed by atoms with Crippen molar-refractivity contribution < 1.29 is 0 Å². The van der Waals surface area contributed by atoms with Crippen molar-refractivity contribution in [1.29, 1.82) is 0 Å². The van der Waals surface area contributed by atoms with Crippen LogP contribution >= 0.6 is 0 Å². The number of hydrogen-bond donors (Lipinski definition) is 1. The Bertz CT molecular complexity index is 255. The molecule has 1 aromatic rings. The van der Waals surface area contributed by atoms with Gasteiger partial charge in [-0.05, 0) is 13.3 Å². The summed E-state index contributed by atoms with van der Waals surface area (Å²) >= 11 is 0. The fourth-order valence-electron chi connectivity index (χ4n) is 0.589. The molecule has 64 valence electrons. The zero-order valence-electron chi connectivity index (χ0n) is 7.28. The Morgan fingerprint density at radius 1 is 1.58 bits per heavy atom. The first-order valence-electron chi connectivity index (χ1n) is 3.88. The van der Waals surface area contributed by atoms with Crippen LogP contribution in [0.15, 0.2) is 23.7 Å². The average molecular weight is 164 g/mol. The highest BCUT2D eigenvalue weighted by atomic mass is 15.3. The highest BCUT2D eigenvalue weighted by molar-refractivity contribution is 5.82. The molecule has 0 unspecified atom stereocenters. The largest absolute Gasteiger partial charge is 0.260 e. The minimum absolute atomic E-state index is 0.672. The summed E-state index contributed by atoms with van der Waals surface area (Å²) in [7, 11) is 0. The van der Waals surface area contributed by atoms with Crippen molar-refractivity contribution >= 4 is 11.5 Å². The first kappa shape index (κ1) is 8.64. The lowest BCUT2D eigenvalue weighted by molar-refractivity contribution is 1.14. The number of nitrogens with one attached hydrogen (secondary N) is 1. The molecule has 4 heteroatoms. The molecule has 0 fully saturated rings. The normalized spacial score (nSPS) is 11.3. The van der Waals surface area contributed by atoms with Crippen LogP contribution in [0, 0.1) is 0 Å². The summed E-state index contributed by atoms with van der Waals surface area (Å²) in [6, 6.07) is 0. The smallest absolute Gasteiger partial charge is 0.164 e. The number of anilines is 1. The Hall–Kier alpha value is -1.45. The summed E-state index contributed by atoms with van der Waals surface area (Å²) in [5.41, 5.74) is 3.85. The quantitative estimate of drug-likeness (QED) is 0.546. The van der Waals surface area contributed by atoms with Crippen molar-refractivity contribution in [2.45, 2.75) is 20.3 Å². The molecule has 1 N–H and O–H groups in total. The summed E-state index contributed by atoms with van der Waals surface area (Å²) in [5, 5.41) is 4.08. The number of hydrogen-bond acceptors (Lipinski definition) is 4. The van der Waals surface area contributed by atoms with Gasteiger partial charge in [0.05, 0.1) is 6.20 Å². The minimum atomic E-state index is 0.672. The number of aromatic nitrogens is 2. The van der Waals surface area contributed by atoms with Crippen molar-refractivity contribution in [3.8, 4) is 0 Å². The average Bonchev–Trinajstić information content (AvgIpc) is 2.16. The molecule has 4 nitrogen and oxygen atoms in total. The summed E-state index contributed by atoms with van der Waals surface area (Å²) in [4.78, 5) is 7.90. The number of hydrazone groups is 1. The van der Waals surface area contributed by atoms with Crippen LogP contribution < -0.4 is 5.43 Å². The van der Waals surface area contributed by atoms with Crippen LogP contribution in [-0.4, -0.2) is 15.7 Å². The fourth-order valence-corrected chi connectivity index (χ4v) is 0.589. The minimum Gasteiger partial charge on any atom is -0.260 e. The molecule has 0 atom stereocenters. The molecule has 0 radical (unpaired) electrons. The lowest BCUT2D eigenvalue weighted by Gasteiger charge is -1.98. The van der Waals surface area contributed by atoms with E-state index in [0.29, 0.717) is 5.82 Å². The van der Waals surface area contributed by atoms with Gasteiger partial charge in [0.25, 0.3) is 0 Å². The van der Waals surface area contributed by atoms with Crippen molar-refractivity contribution in [1.82, 2.24) is 9.97 Å². The van der Waals surface area contributed by atoms with E-state index in [4.69, 9.17) is 0 Å². The van der Waals surface area contributed by atoms with Gasteiger partial charge < -0.3 is 0 Å². The maximum Gasteiger partial charge on any atom is 0.164 e. The van der Waals surface area contributed by atoms with Crippen LogP contribution in [-0.2, 0) is 0 Å². The molecule has 0 amide bonds. The van der Waals surface area contributed by atoms with Crippen molar-refractivity contribution in [3.05, 3.63) is 18.6 Å². The van der Waals surface area contributed by atoms with Gasteiger partial charge in [0, 0.05) is 18.1 Å². The molecule has 12 heavy (non-hydrogen) atoms. The van der Waals surface area contributed by atoms with Crippen molar-refractivity contribution in [3.63, 3.8) is 0 Å². The van der Waals surface area contributed by atoms with Crippen LogP contribution in [0.3, 0.4) is 0 Å². The predicted octanol–water partition coefficient (Wildman–Crippen LogP) is 1.67. The van der Waals surface area contributed by atoms with Gasteiger partial charge in [0.2, 0.25) is 0 Å². The first-order chi connectivity index (χ1) is 5.83. The third-order valence-electron chi connectivity index (χ3n) is 1.44. The highest BCUT2D eigenvalue weighted by Crippen LogP contribution is 1.96. The van der Waals surface area contributed by atoms with Gasteiger partial charge in [-0.2, -0.15) is 5.10 Å². The lowest BCUT2D eigenvalue weighted by atomic mass is 10.3. The predicted molar refractivity (Wildman–Crippen MR) is 49.1 cm³/mol. The van der Waals surface area contributed by atoms with Gasteiger partial charge in [-0.3, -0.25) is 10.4 Å². The van der Waals surface area contributed by atoms with Gasteiger partial charge in [0.1, 0.15) is 0 Å². The van der Waals surface area contributed by atoms with E-state index in [1.54, 1.807) is 18.6 Å². The monoisotopic (exact) mass is 164 g/mol. The summed E-state index contributed by atoms with van der Waals surface area (Å²) in [6.45, 7) is 4.01. The SMILES string of the molecule is CC/C(C)=N/Nc1cnccn1. The van der Waals surface area contributed by atoms with E-state index in [9.17, 15) is 0 Å². The molecule has 0 aromatic carbocycles. The Balaban J connectivity index is 2.54. The van der Waals surface area contributed by atoms with E-state index in [1.807, 2.05) is 6.92 Å². The molecule has 1 heterocycles. The third kappa shape index (κ3) is 2.65. The van der Waals surface area contributed by atoms with Gasteiger partial charge in [-0.15, -0.1) is 0 Å². The number of rotatable bonds is 3. The van der Waals surface area contributed by atoms with Crippen LogP contribution in [0.4, 0.5) is 5.82 Å². The second kappa shape index (κ2) is 4.43.